The van der Waals surface area contributed by atoms with Gasteiger partial charge in [-0.25, -0.2) is 18.4 Å². The Balaban J connectivity index is 1.08. The van der Waals surface area contributed by atoms with E-state index in [1.807, 2.05) is 30.3 Å². The van der Waals surface area contributed by atoms with Gasteiger partial charge in [-0.3, -0.25) is 9.78 Å². The van der Waals surface area contributed by atoms with E-state index in [0.717, 1.165) is 53.0 Å². The molecule has 2 aliphatic heterocycles. The van der Waals surface area contributed by atoms with E-state index in [1.165, 1.54) is 18.9 Å². The number of piperidine rings is 1. The number of rotatable bonds is 5. The third-order valence-electron chi connectivity index (χ3n) is 8.09. The molecule has 1 saturated carbocycles. The molecule has 40 heavy (non-hydrogen) atoms. The van der Waals surface area contributed by atoms with E-state index in [0.29, 0.717) is 11.3 Å². The van der Waals surface area contributed by atoms with Crippen LogP contribution < -0.4 is 10.2 Å². The lowest BCUT2D eigenvalue weighted by Gasteiger charge is -2.27. The molecule has 5 heterocycles. The number of amides is 1. The summed E-state index contributed by atoms with van der Waals surface area (Å²) in [6.07, 6.45) is 4.34. The van der Waals surface area contributed by atoms with Gasteiger partial charge in [0.1, 0.15) is 5.82 Å². The van der Waals surface area contributed by atoms with Crippen LogP contribution in [0.5, 0.6) is 0 Å². The fourth-order valence-corrected chi connectivity index (χ4v) is 7.06. The number of anilines is 1. The molecule has 0 unspecified atom stereocenters. The molecule has 1 saturated heterocycles. The van der Waals surface area contributed by atoms with Gasteiger partial charge in [0.2, 0.25) is 0 Å². The number of carbonyl (C=O) groups excluding carboxylic acids is 1. The van der Waals surface area contributed by atoms with Crippen molar-refractivity contribution in [2.24, 2.45) is 11.8 Å². The van der Waals surface area contributed by atoms with Gasteiger partial charge in [-0.15, -0.1) is 0 Å². The fraction of sp³-hybridized carbons (Fsp3) is 0.333. The maximum Gasteiger partial charge on any atom is 0.251 e. The topological polar surface area (TPSA) is 114 Å². The average Bonchev–Trinajstić information content (AvgIpc) is 3.78. The smallest absolute Gasteiger partial charge is 0.251 e. The molecule has 0 bridgehead atoms. The molecule has 0 radical (unpaired) electrons. The van der Waals surface area contributed by atoms with Gasteiger partial charge >= 0.3 is 0 Å². The van der Waals surface area contributed by atoms with E-state index >= 15 is 0 Å². The van der Waals surface area contributed by atoms with Crippen LogP contribution in [-0.2, 0) is 27.7 Å². The van der Waals surface area contributed by atoms with Gasteiger partial charge in [-0.05, 0) is 72.7 Å². The van der Waals surface area contributed by atoms with Crippen molar-refractivity contribution in [1.29, 1.82) is 0 Å². The Morgan fingerprint density at radius 2 is 1.95 bits per heavy atom. The Morgan fingerprint density at radius 3 is 2.85 bits per heavy atom. The number of nitrogens with one attached hydrogen (secondary N) is 1. The quantitative estimate of drug-likeness (QED) is 0.396. The first-order valence-corrected chi connectivity index (χ1v) is 15.3. The zero-order chi connectivity index (χ0) is 27.3. The Kier molecular flexibility index (Phi) is 6.24. The number of nitrogens with zero attached hydrogens (tertiary/aromatic N) is 4. The van der Waals surface area contributed by atoms with Crippen molar-refractivity contribution < 1.29 is 17.9 Å². The second-order valence-electron chi connectivity index (χ2n) is 10.8. The highest BCUT2D eigenvalue weighted by Gasteiger charge is 2.41. The predicted molar refractivity (Wildman–Crippen MR) is 151 cm³/mol. The van der Waals surface area contributed by atoms with Crippen LogP contribution in [0.1, 0.15) is 34.5 Å². The average molecular weight is 556 g/mol. The standard InChI is InChI=1S/C30H29N5O4S/c36-30(20-4-5-22-18-39-10-11-40(37,38)28(22)13-20)32-16-24-14-27-21(15-31-24)6-7-26(33-27)25-2-1-3-29(34-25)35-9-8-19-12-23(19)17-35/h1-7,13-15,19,23H,8-12,16-18H2,(H,32,36)/t19-,23-/m0/s1. The number of ether oxygens (including phenoxy) is 1. The molecular weight excluding hydrogens is 526 g/mol. The van der Waals surface area contributed by atoms with Gasteiger partial charge in [-0.2, -0.15) is 0 Å². The molecule has 10 heteroatoms. The lowest BCUT2D eigenvalue weighted by atomic mass is 10.1. The van der Waals surface area contributed by atoms with Gasteiger partial charge in [0.05, 0.1) is 53.0 Å². The van der Waals surface area contributed by atoms with E-state index in [4.69, 9.17) is 14.7 Å². The number of fused-ring (bicyclic) bond motifs is 3. The minimum absolute atomic E-state index is 0.0972. The van der Waals surface area contributed by atoms with Gasteiger partial charge in [0.25, 0.3) is 5.91 Å². The highest BCUT2D eigenvalue weighted by atomic mass is 32.2. The zero-order valence-corrected chi connectivity index (χ0v) is 22.7. The van der Waals surface area contributed by atoms with Gasteiger partial charge in [0, 0.05) is 30.2 Å². The molecule has 0 spiro atoms. The van der Waals surface area contributed by atoms with Crippen LogP contribution >= 0.6 is 0 Å². The number of aromatic nitrogens is 3. The van der Waals surface area contributed by atoms with Crippen LogP contribution in [0.2, 0.25) is 0 Å². The normalized spacial score (nSPS) is 21.2. The van der Waals surface area contributed by atoms with E-state index in [2.05, 4.69) is 21.3 Å². The summed E-state index contributed by atoms with van der Waals surface area (Å²) in [6, 6.07) is 16.6. The van der Waals surface area contributed by atoms with Gasteiger partial charge in [0.15, 0.2) is 9.84 Å². The lowest BCUT2D eigenvalue weighted by molar-refractivity contribution is 0.0950. The molecular formula is C30H29N5O4S. The van der Waals surface area contributed by atoms with Crippen LogP contribution in [-0.4, -0.2) is 54.7 Å². The van der Waals surface area contributed by atoms with E-state index in [9.17, 15) is 13.2 Å². The first-order valence-electron chi connectivity index (χ1n) is 13.6. The number of pyridine rings is 3. The second-order valence-corrected chi connectivity index (χ2v) is 12.9. The number of carbonyl (C=O) groups is 1. The highest BCUT2D eigenvalue weighted by molar-refractivity contribution is 7.91. The van der Waals surface area contributed by atoms with E-state index in [1.54, 1.807) is 18.3 Å². The van der Waals surface area contributed by atoms with E-state index < -0.39 is 9.84 Å². The van der Waals surface area contributed by atoms with Crippen molar-refractivity contribution in [2.45, 2.75) is 30.9 Å². The summed E-state index contributed by atoms with van der Waals surface area (Å²) >= 11 is 0. The maximum absolute atomic E-state index is 12.9. The minimum atomic E-state index is -3.50. The predicted octanol–water partition coefficient (Wildman–Crippen LogP) is 3.77. The molecule has 2 fully saturated rings. The summed E-state index contributed by atoms with van der Waals surface area (Å²) in [4.78, 5) is 29.7. The minimum Gasteiger partial charge on any atom is -0.376 e. The second kappa shape index (κ2) is 9.94. The Bertz CT molecular complexity index is 1740. The third-order valence-corrected chi connectivity index (χ3v) is 9.85. The summed E-state index contributed by atoms with van der Waals surface area (Å²) in [5, 5.41) is 3.75. The highest BCUT2D eigenvalue weighted by Crippen LogP contribution is 2.45. The molecule has 4 aromatic rings. The summed E-state index contributed by atoms with van der Waals surface area (Å²) in [5.41, 5.74) is 3.87. The van der Waals surface area contributed by atoms with Crippen LogP contribution in [0, 0.1) is 11.8 Å². The summed E-state index contributed by atoms with van der Waals surface area (Å²) in [5.74, 6) is 2.27. The molecule has 1 N–H and O–H groups in total. The Labute approximate surface area is 232 Å². The van der Waals surface area contributed by atoms with Gasteiger partial charge in [-0.1, -0.05) is 12.1 Å². The monoisotopic (exact) mass is 555 g/mol. The van der Waals surface area contributed by atoms with Crippen molar-refractivity contribution in [2.75, 3.05) is 30.3 Å². The fourth-order valence-electron chi connectivity index (χ4n) is 5.67. The first-order chi connectivity index (χ1) is 19.4. The molecule has 1 amide bonds. The third kappa shape index (κ3) is 4.93. The zero-order valence-electron chi connectivity index (χ0n) is 21.9. The molecule has 3 aromatic heterocycles. The molecule has 2 atom stereocenters. The summed E-state index contributed by atoms with van der Waals surface area (Å²) in [6.45, 7) is 2.68. The number of hydrogen-bond donors (Lipinski definition) is 1. The summed E-state index contributed by atoms with van der Waals surface area (Å²) in [7, 11) is -3.50. The SMILES string of the molecule is O=C(NCc1cc2nc(-c3cccc(N4CC[C@H]5C[C@H]5C4)n3)ccc2cn1)c1ccc2c(c1)S(=O)(=O)CCOC2. The van der Waals surface area contributed by atoms with Crippen molar-refractivity contribution in [1.82, 2.24) is 20.3 Å². The molecule has 3 aliphatic rings. The number of hydrogen-bond acceptors (Lipinski definition) is 8. The van der Waals surface area contributed by atoms with Crippen LogP contribution in [0.15, 0.2) is 65.7 Å². The molecule has 204 valence electrons. The van der Waals surface area contributed by atoms with E-state index in [-0.39, 0.29) is 41.9 Å². The molecule has 1 aromatic carbocycles. The lowest BCUT2D eigenvalue weighted by Crippen LogP contribution is -2.31. The van der Waals surface area contributed by atoms with Crippen LogP contribution in [0.25, 0.3) is 22.3 Å². The first kappa shape index (κ1) is 25.1. The van der Waals surface area contributed by atoms with Gasteiger partial charge < -0.3 is 15.0 Å². The van der Waals surface area contributed by atoms with Crippen molar-refractivity contribution in [3.05, 3.63) is 77.6 Å². The van der Waals surface area contributed by atoms with Crippen molar-refractivity contribution >= 4 is 32.5 Å². The largest absolute Gasteiger partial charge is 0.376 e. The maximum atomic E-state index is 12.9. The number of sulfone groups is 1. The Morgan fingerprint density at radius 1 is 1.05 bits per heavy atom. The molecule has 9 nitrogen and oxygen atoms in total. The summed E-state index contributed by atoms with van der Waals surface area (Å²) < 4.78 is 30.5. The van der Waals surface area contributed by atoms with Crippen molar-refractivity contribution in [3.63, 3.8) is 0 Å². The van der Waals surface area contributed by atoms with Crippen molar-refractivity contribution in [3.8, 4) is 11.4 Å². The number of benzene rings is 1. The van der Waals surface area contributed by atoms with Crippen LogP contribution in [0.3, 0.4) is 0 Å². The Hall–Kier alpha value is -3.89. The van der Waals surface area contributed by atoms with Crippen LogP contribution in [0.4, 0.5) is 5.82 Å². The molecule has 1 aliphatic carbocycles. The molecule has 7 rings (SSSR count).